The molecular weight excluding hydrogens is 2280 g/mol. The molecule has 62 heteroatoms. The van der Waals surface area contributed by atoms with E-state index in [2.05, 4.69) is 168 Å². The standard InChI is InChI=1S/C72H116O48S13.Ac/c1-79-41-33(74)64(98-32(24-96-126)40(41)114-127)104-36-28(20-92-122)101-71(58(117-130)43(36)81-3)107-38-30(22-94-124)103-72(60(119-132)45(38)83-5)108-37-29(21-93-123)102-70(59(118-131)44(37)82-4)106-35-27(19-91-121)100-66(54(86-8)42(35)80-2)110-48-46(84-6)55(87-9)67(112-52(48)62(75)76)105-34-26(17-73)97-69(57(50(34)115-128)90-18-25-15-13-12-14-16-25)111-49-47(85-7)56(88-10)68(113-53(49)63(77)78)109-39-31(23-95-125)99-65(89-11)61(120-133)51(39)116-129;/h12-16,26-61,64-74,121-133H,17-24H2,1-11H3,(H,75,76)(H,77,78);/p-2/t26?,27?,28?,29?,30?,31?,32?,33?,34-,35-,36-,37-,38-,39-,40+,41-,42+,43+,44?,45?,46+,47?,48+,49+,50?,51+,52?,53-,54?,55?,56?,57?,58?,59?,60?,61?,64+,65+,66+,67-,68+,69-,70+,71+,72-;/m1./s1. The molecule has 9 heterocycles. The summed E-state index contributed by atoms with van der Waals surface area (Å²) in [5.41, 5.74) is 0.589. The number of ether oxygens (including phenoxy) is 29. The van der Waals surface area contributed by atoms with Gasteiger partial charge in [-0.1, -0.05) is 30.3 Å². The SMILES string of the molecule is COC1C(OC)[C@H](O[C@H]2OC(CO)[C@@H](O[C@@H]3OC(C(=O)[O-])[C@@H](O[C@@H]4OC(COS)[C@@H](O[C@@H]5OC(COS)[C@@H](O[C@H]6OC(COS)[C@@H](O[C@@H]7OC(COS)[C@@H](O[C@@H]8OC(COS)[C@H](OS)[C@H](OC)C8O)[C@H](OC)C7OS)C(OC)C6OS)C(OC)C5OS)[C@H](OC)C4OC)[C@H](OC)C3OC)C(OS)C2OCc2ccccc2)[C@H](C(=O)[O-])O[C@@H]1O[C@@H]1C(COS)O[C@H](OC)C(OS)[C@H]1OS.[Ac]. The number of benzene rings is 1. The zero-order chi connectivity index (χ0) is 96.6. The number of carboxylic acids is 2. The molecule has 45 atom stereocenters. The van der Waals surface area contributed by atoms with Crippen molar-refractivity contribution in [2.75, 3.05) is 124 Å². The number of rotatable bonds is 52. The van der Waals surface area contributed by atoms with Crippen molar-refractivity contribution in [1.82, 2.24) is 0 Å². The van der Waals surface area contributed by atoms with Crippen molar-refractivity contribution in [3.63, 3.8) is 0 Å². The third kappa shape index (κ3) is 28.2. The molecule has 21 unspecified atom stereocenters. The van der Waals surface area contributed by atoms with Crippen LogP contribution in [0.15, 0.2) is 30.3 Å². The van der Waals surface area contributed by atoms with Gasteiger partial charge >= 0.3 is 0 Å². The van der Waals surface area contributed by atoms with Crippen LogP contribution in [0.5, 0.6) is 0 Å². The summed E-state index contributed by atoms with van der Waals surface area (Å²) in [4.78, 5) is 27.3. The normalized spacial score (nSPS) is 42.9. The number of hydrogen-bond donors (Lipinski definition) is 15. The number of aliphatic hydroxyl groups excluding tert-OH is 2. The number of carbonyl (C=O) groups is 2. The van der Waals surface area contributed by atoms with E-state index in [-0.39, 0.29) is 83.7 Å². The van der Waals surface area contributed by atoms with Crippen LogP contribution in [0.2, 0.25) is 0 Å². The summed E-state index contributed by atoms with van der Waals surface area (Å²) in [6.45, 7) is -3.05. The molecule has 134 heavy (non-hydrogen) atoms. The predicted octanol–water partition coefficient (Wildman–Crippen LogP) is -2.39. The number of thiol groups is 13. The van der Waals surface area contributed by atoms with Crippen LogP contribution in [0, 0.1) is 44.1 Å². The van der Waals surface area contributed by atoms with Crippen molar-refractivity contribution >= 4 is 180 Å². The molecule has 9 saturated heterocycles. The van der Waals surface area contributed by atoms with Gasteiger partial charge in [0.05, 0.1) is 64.8 Å². The largest absolute Gasteiger partial charge is 0.547 e. The van der Waals surface area contributed by atoms with Crippen molar-refractivity contribution in [3.8, 4) is 0 Å². The van der Waals surface area contributed by atoms with E-state index < -0.39 is 302 Å². The van der Waals surface area contributed by atoms with Crippen molar-refractivity contribution in [2.45, 2.75) is 283 Å². The molecule has 9 fully saturated rings. The van der Waals surface area contributed by atoms with E-state index in [1.54, 1.807) is 30.3 Å². The molecule has 0 saturated carbocycles. The molecule has 0 bridgehead atoms. The molecule has 1 aromatic carbocycles. The maximum atomic E-state index is 13.8. The van der Waals surface area contributed by atoms with Gasteiger partial charge in [-0.2, -0.15) is 0 Å². The first kappa shape index (κ1) is 120. The van der Waals surface area contributed by atoms with Gasteiger partial charge in [-0.25, -0.2) is 0 Å². The Bertz CT molecular complexity index is 3500. The minimum absolute atomic E-state index is 0. The van der Waals surface area contributed by atoms with Crippen molar-refractivity contribution < 1.29 is 266 Å². The van der Waals surface area contributed by atoms with Crippen LogP contribution >= 0.6 is 168 Å². The molecular formula is C72H114AcO48S13-2. The van der Waals surface area contributed by atoms with Crippen LogP contribution in [0.3, 0.4) is 0 Å². The summed E-state index contributed by atoms with van der Waals surface area (Å²) in [5, 5.41) is 50.3. The van der Waals surface area contributed by atoms with Crippen LogP contribution in [-0.2, 0) is 208 Å². The van der Waals surface area contributed by atoms with Crippen molar-refractivity contribution in [3.05, 3.63) is 35.9 Å². The second kappa shape index (κ2) is 60.3. The molecule has 0 aliphatic carbocycles. The van der Waals surface area contributed by atoms with E-state index >= 15 is 0 Å². The zero-order valence-electron chi connectivity index (χ0n) is 73.1. The summed E-state index contributed by atoms with van der Waals surface area (Å²) in [6.07, 6.45) is -64.1. The average molecular weight is 2390 g/mol. The number of carboxylic acid groups (broad SMARTS) is 2. The summed E-state index contributed by atoms with van der Waals surface area (Å²) in [5.74, 6) is -3.74. The Morgan fingerprint density at radius 1 is 0.276 bits per heavy atom. The third-order valence-electron chi connectivity index (χ3n) is 23.7. The Morgan fingerprint density at radius 2 is 0.515 bits per heavy atom. The Morgan fingerprint density at radius 3 is 0.821 bits per heavy atom. The first-order valence-electron chi connectivity index (χ1n) is 40.5. The van der Waals surface area contributed by atoms with Gasteiger partial charge in [-0.15, -0.1) is 0 Å². The summed E-state index contributed by atoms with van der Waals surface area (Å²) in [7, 11) is 14.2. The van der Waals surface area contributed by atoms with Gasteiger partial charge in [0.2, 0.25) is 0 Å². The number of carbonyl (C=O) groups excluding carboxylic acids is 2. The first-order valence-corrected chi connectivity index (χ1v) is 45.2. The van der Waals surface area contributed by atoms with Gasteiger partial charge in [0.1, 0.15) is 195 Å². The van der Waals surface area contributed by atoms with Gasteiger partial charge in [-0.05, 0) is 173 Å². The molecule has 10 rings (SSSR count). The zero-order valence-corrected chi connectivity index (χ0v) is 89.5. The van der Waals surface area contributed by atoms with Gasteiger partial charge in [0, 0.05) is 122 Å². The minimum Gasteiger partial charge on any atom is -0.547 e. The fourth-order valence-corrected chi connectivity index (χ4v) is 20.0. The summed E-state index contributed by atoms with van der Waals surface area (Å²) >= 11 is 53.3. The molecule has 0 aromatic heterocycles. The van der Waals surface area contributed by atoms with E-state index in [1.807, 2.05) is 0 Å². The molecule has 2 N–H and O–H groups in total. The van der Waals surface area contributed by atoms with E-state index in [0.717, 1.165) is 0 Å². The second-order valence-electron chi connectivity index (χ2n) is 30.5. The third-order valence-corrected chi connectivity index (χ3v) is 26.2. The Kier molecular flexibility index (Phi) is 54.0. The van der Waals surface area contributed by atoms with Crippen LogP contribution in [0.4, 0.5) is 0 Å². The fourth-order valence-electron chi connectivity index (χ4n) is 17.5. The van der Waals surface area contributed by atoms with Crippen LogP contribution in [0.25, 0.3) is 0 Å². The van der Waals surface area contributed by atoms with Gasteiger partial charge < -0.3 is 222 Å². The monoisotopic (exact) mass is 2390 g/mol. The first-order chi connectivity index (χ1) is 64.5. The fraction of sp³-hybridized carbons (Fsp3) is 0.889. The number of aliphatic carboxylic acids is 2. The smallest absolute Gasteiger partial charge is 0.188 e. The van der Waals surface area contributed by atoms with Crippen molar-refractivity contribution in [1.29, 1.82) is 0 Å². The maximum absolute atomic E-state index is 13.8. The summed E-state index contributed by atoms with van der Waals surface area (Å²) in [6, 6.07) is 8.68. The molecule has 1 aromatic rings. The maximum Gasteiger partial charge on any atom is 0.188 e. The predicted molar refractivity (Wildman–Crippen MR) is 477 cm³/mol. The van der Waals surface area contributed by atoms with Gasteiger partial charge in [-0.3, -0.25) is 0 Å². The van der Waals surface area contributed by atoms with Gasteiger partial charge in [0.25, 0.3) is 0 Å². The Balaban J connectivity index is 0.0000202. The number of aliphatic hydroxyl groups is 2. The van der Waals surface area contributed by atoms with Crippen molar-refractivity contribution in [2.24, 2.45) is 0 Å². The van der Waals surface area contributed by atoms with Crippen LogP contribution in [-0.4, -0.2) is 423 Å². The summed E-state index contributed by atoms with van der Waals surface area (Å²) < 4.78 is 254. The molecule has 0 amide bonds. The van der Waals surface area contributed by atoms with E-state index in [1.165, 1.54) is 78.2 Å². The number of methoxy groups -OCH3 is 11. The Hall–Kier alpha value is 2.39. The van der Waals surface area contributed by atoms with Crippen LogP contribution < -0.4 is 10.2 Å². The topological polar surface area (TPSA) is 508 Å². The minimum atomic E-state index is -2.19. The molecule has 773 valence electrons. The quantitative estimate of drug-likeness (QED) is 0.0239. The molecule has 1 radical (unpaired) electrons. The number of hydrogen-bond acceptors (Lipinski definition) is 61. The van der Waals surface area contributed by atoms with E-state index in [4.69, 9.17) is 192 Å². The molecule has 0 spiro atoms. The van der Waals surface area contributed by atoms with E-state index in [0.29, 0.717) is 5.56 Å². The average Bonchev–Trinajstić information content (AvgIpc) is 0.753. The Labute approximate surface area is 881 Å². The van der Waals surface area contributed by atoms with Gasteiger partial charge in [0.15, 0.2) is 81.0 Å². The molecule has 9 aliphatic heterocycles. The second-order valence-corrected chi connectivity index (χ2v) is 33.6. The molecule has 9 aliphatic rings. The molecule has 48 nitrogen and oxygen atoms in total. The van der Waals surface area contributed by atoms with Crippen LogP contribution in [0.1, 0.15) is 5.56 Å². The van der Waals surface area contributed by atoms with E-state index in [9.17, 15) is 30.0 Å².